The van der Waals surface area contributed by atoms with Crippen molar-refractivity contribution in [2.75, 3.05) is 0 Å². The summed E-state index contributed by atoms with van der Waals surface area (Å²) < 4.78 is 14.3. The minimum absolute atomic E-state index is 0.308. The van der Waals surface area contributed by atoms with Crippen LogP contribution in [0.1, 0.15) is 16.7 Å². The van der Waals surface area contributed by atoms with Gasteiger partial charge in [-0.3, -0.25) is 0 Å². The Hall–Kier alpha value is -2.00. The third-order valence-corrected chi connectivity index (χ3v) is 3.81. The van der Waals surface area contributed by atoms with Gasteiger partial charge in [0.25, 0.3) is 0 Å². The zero-order valence-electron chi connectivity index (χ0n) is 12.0. The quantitative estimate of drug-likeness (QED) is 0.590. The van der Waals surface area contributed by atoms with Crippen LogP contribution in [-0.2, 0) is 0 Å². The first-order valence-electron chi connectivity index (χ1n) is 6.67. The minimum Gasteiger partial charge on any atom is -0.227 e. The van der Waals surface area contributed by atoms with Gasteiger partial charge in [0.1, 0.15) is 11.0 Å². The van der Waals surface area contributed by atoms with E-state index in [-0.39, 0.29) is 5.82 Å². The van der Waals surface area contributed by atoms with Crippen molar-refractivity contribution in [1.82, 2.24) is 9.97 Å². The van der Waals surface area contributed by atoms with Gasteiger partial charge in [0.05, 0.1) is 11.1 Å². The van der Waals surface area contributed by atoms with E-state index < -0.39 is 0 Å². The van der Waals surface area contributed by atoms with Gasteiger partial charge in [-0.25, -0.2) is 14.4 Å². The summed E-state index contributed by atoms with van der Waals surface area (Å²) in [7, 11) is 0. The lowest BCUT2D eigenvalue weighted by Crippen LogP contribution is -1.97. The van der Waals surface area contributed by atoms with E-state index in [4.69, 9.17) is 11.6 Å². The van der Waals surface area contributed by atoms with E-state index in [9.17, 15) is 4.39 Å². The second-order valence-corrected chi connectivity index (χ2v) is 5.61. The average Bonchev–Trinajstić information content (AvgIpc) is 2.43. The first-order valence-corrected chi connectivity index (χ1v) is 7.05. The third kappa shape index (κ3) is 2.38. The fourth-order valence-electron chi connectivity index (χ4n) is 2.49. The highest BCUT2D eigenvalue weighted by molar-refractivity contribution is 6.34. The molecule has 3 rings (SSSR count). The number of aromatic nitrogens is 2. The third-order valence-electron chi connectivity index (χ3n) is 3.52. The van der Waals surface area contributed by atoms with Crippen molar-refractivity contribution in [3.63, 3.8) is 0 Å². The number of nitrogens with zero attached hydrogens (tertiary/aromatic N) is 2. The molecule has 4 heteroatoms. The van der Waals surface area contributed by atoms with E-state index in [1.165, 1.54) is 0 Å². The maximum absolute atomic E-state index is 14.3. The fourth-order valence-corrected chi connectivity index (χ4v) is 2.71. The van der Waals surface area contributed by atoms with Crippen LogP contribution >= 0.6 is 11.6 Å². The van der Waals surface area contributed by atoms with E-state index in [0.717, 1.165) is 22.0 Å². The molecule has 0 fully saturated rings. The van der Waals surface area contributed by atoms with E-state index in [1.807, 2.05) is 26.0 Å². The Labute approximate surface area is 127 Å². The normalized spacial score (nSPS) is 11.1. The molecule has 2 nitrogen and oxygen atoms in total. The average molecular weight is 301 g/mol. The molecule has 0 radical (unpaired) electrons. The van der Waals surface area contributed by atoms with Crippen LogP contribution in [0.2, 0.25) is 5.15 Å². The Balaban J connectivity index is 2.33. The molecule has 1 heterocycles. The molecular formula is C17H14ClFN2. The predicted octanol–water partition coefficient (Wildman–Crippen LogP) is 5.01. The molecule has 0 aliphatic rings. The minimum atomic E-state index is -0.308. The maximum Gasteiger partial charge on any atom is 0.164 e. The van der Waals surface area contributed by atoms with Crippen LogP contribution in [0.5, 0.6) is 0 Å². The number of rotatable bonds is 1. The summed E-state index contributed by atoms with van der Waals surface area (Å²) in [5, 5.41) is 1.15. The van der Waals surface area contributed by atoms with Gasteiger partial charge in [0, 0.05) is 5.39 Å². The number of benzene rings is 2. The second-order valence-electron chi connectivity index (χ2n) is 5.25. The zero-order chi connectivity index (χ0) is 15.1. The smallest absolute Gasteiger partial charge is 0.164 e. The standard InChI is InChI=1S/C17H14ClFN2/c1-9-7-11(3)15-13(8-9)16(18)21-17(20-15)12-6-4-5-10(2)14(12)19/h4-8H,1-3H3. The maximum atomic E-state index is 14.3. The molecule has 0 saturated carbocycles. The number of hydrogen-bond acceptors (Lipinski definition) is 2. The molecule has 0 N–H and O–H groups in total. The van der Waals surface area contributed by atoms with Crippen molar-refractivity contribution in [3.8, 4) is 11.4 Å². The summed E-state index contributed by atoms with van der Waals surface area (Å²) in [6, 6.07) is 9.15. The molecule has 0 atom stereocenters. The van der Waals surface area contributed by atoms with Crippen molar-refractivity contribution in [2.45, 2.75) is 20.8 Å². The van der Waals surface area contributed by atoms with Crippen LogP contribution in [0.15, 0.2) is 30.3 Å². The monoisotopic (exact) mass is 300 g/mol. The molecule has 1 aromatic heterocycles. The Morgan fingerprint density at radius 1 is 1.00 bits per heavy atom. The van der Waals surface area contributed by atoms with Crippen molar-refractivity contribution < 1.29 is 4.39 Å². The lowest BCUT2D eigenvalue weighted by molar-refractivity contribution is 0.621. The Bertz CT molecular complexity index is 859. The van der Waals surface area contributed by atoms with Crippen LogP contribution in [0, 0.1) is 26.6 Å². The molecule has 2 aromatic carbocycles. The van der Waals surface area contributed by atoms with Gasteiger partial charge in [0.15, 0.2) is 5.82 Å². The molecule has 0 saturated heterocycles. The molecule has 21 heavy (non-hydrogen) atoms. The Morgan fingerprint density at radius 3 is 2.52 bits per heavy atom. The summed E-state index contributed by atoms with van der Waals surface area (Å²) in [5.74, 6) is 0.0123. The van der Waals surface area contributed by atoms with Crippen LogP contribution in [0.4, 0.5) is 4.39 Å². The first-order chi connectivity index (χ1) is 9.97. The fraction of sp³-hybridized carbons (Fsp3) is 0.176. The molecule has 106 valence electrons. The molecular weight excluding hydrogens is 287 g/mol. The van der Waals surface area contributed by atoms with Crippen molar-refractivity contribution >= 4 is 22.5 Å². The molecule has 0 aliphatic heterocycles. The van der Waals surface area contributed by atoms with Crippen LogP contribution in [-0.4, -0.2) is 9.97 Å². The van der Waals surface area contributed by atoms with E-state index in [0.29, 0.717) is 22.1 Å². The van der Waals surface area contributed by atoms with Gasteiger partial charge in [0.2, 0.25) is 0 Å². The Morgan fingerprint density at radius 2 is 1.76 bits per heavy atom. The number of hydrogen-bond donors (Lipinski definition) is 0. The number of aryl methyl sites for hydroxylation is 3. The van der Waals surface area contributed by atoms with Gasteiger partial charge in [-0.2, -0.15) is 0 Å². The van der Waals surface area contributed by atoms with Crippen LogP contribution < -0.4 is 0 Å². The molecule has 3 aromatic rings. The SMILES string of the molecule is Cc1cc(C)c2nc(-c3cccc(C)c3F)nc(Cl)c2c1. The second kappa shape index (κ2) is 5.08. The lowest BCUT2D eigenvalue weighted by atomic mass is 10.1. The predicted molar refractivity (Wildman–Crippen MR) is 84.2 cm³/mol. The number of fused-ring (bicyclic) bond motifs is 1. The lowest BCUT2D eigenvalue weighted by Gasteiger charge is -2.09. The van der Waals surface area contributed by atoms with E-state index in [1.54, 1.807) is 25.1 Å². The topological polar surface area (TPSA) is 25.8 Å². The van der Waals surface area contributed by atoms with Gasteiger partial charge < -0.3 is 0 Å². The molecule has 0 bridgehead atoms. The largest absolute Gasteiger partial charge is 0.227 e. The zero-order valence-corrected chi connectivity index (χ0v) is 12.8. The van der Waals surface area contributed by atoms with Crippen LogP contribution in [0.3, 0.4) is 0 Å². The number of halogens is 2. The summed E-state index contributed by atoms with van der Waals surface area (Å²) in [6.45, 7) is 5.68. The molecule has 0 unspecified atom stereocenters. The van der Waals surface area contributed by atoms with Crippen LogP contribution in [0.25, 0.3) is 22.3 Å². The van der Waals surface area contributed by atoms with E-state index in [2.05, 4.69) is 9.97 Å². The van der Waals surface area contributed by atoms with Crippen molar-refractivity contribution in [2.24, 2.45) is 0 Å². The van der Waals surface area contributed by atoms with Crippen molar-refractivity contribution in [1.29, 1.82) is 0 Å². The van der Waals surface area contributed by atoms with E-state index >= 15 is 0 Å². The first kappa shape index (κ1) is 14.0. The van der Waals surface area contributed by atoms with Crippen molar-refractivity contribution in [3.05, 3.63) is 58.0 Å². The summed E-state index contributed by atoms with van der Waals surface area (Å²) >= 11 is 6.27. The van der Waals surface area contributed by atoms with Gasteiger partial charge in [-0.1, -0.05) is 35.4 Å². The summed E-state index contributed by atoms with van der Waals surface area (Å²) in [6.07, 6.45) is 0. The highest BCUT2D eigenvalue weighted by Crippen LogP contribution is 2.29. The summed E-state index contributed by atoms with van der Waals surface area (Å²) in [5.41, 5.74) is 3.80. The summed E-state index contributed by atoms with van der Waals surface area (Å²) in [4.78, 5) is 8.78. The molecule has 0 spiro atoms. The van der Waals surface area contributed by atoms with Gasteiger partial charge in [-0.05, 0) is 44.0 Å². The molecule has 0 amide bonds. The Kier molecular flexibility index (Phi) is 3.38. The highest BCUT2D eigenvalue weighted by atomic mass is 35.5. The van der Waals surface area contributed by atoms with Gasteiger partial charge >= 0.3 is 0 Å². The molecule has 0 aliphatic carbocycles. The highest BCUT2D eigenvalue weighted by Gasteiger charge is 2.14. The van der Waals surface area contributed by atoms with Gasteiger partial charge in [-0.15, -0.1) is 0 Å².